The molecule has 3 rings (SSSR count). The van der Waals surface area contributed by atoms with Crippen LogP contribution in [0.2, 0.25) is 0 Å². The van der Waals surface area contributed by atoms with Crippen LogP contribution in [0.1, 0.15) is 0 Å². The van der Waals surface area contributed by atoms with Crippen molar-refractivity contribution in [2.45, 2.75) is 4.90 Å². The number of para-hydroxylation sites is 1. The molecule has 11 heteroatoms. The van der Waals surface area contributed by atoms with Crippen LogP contribution in [0, 0.1) is 10.1 Å². The van der Waals surface area contributed by atoms with Crippen molar-refractivity contribution >= 4 is 15.8 Å². The number of hydrogen-bond acceptors (Lipinski definition) is 8. The van der Waals surface area contributed by atoms with Gasteiger partial charge in [0.1, 0.15) is 12.1 Å². The SMILES string of the molecule is O=[N+]([O-])c1ccccc1S(=O)(=O)Oc1ccc(-n2cnnn2)cc1. The number of rotatable bonds is 5. The lowest BCUT2D eigenvalue weighted by molar-refractivity contribution is -0.387. The smallest absolute Gasteiger partial charge is 0.346 e. The zero-order chi connectivity index (χ0) is 17.2. The second kappa shape index (κ2) is 6.04. The highest BCUT2D eigenvalue weighted by atomic mass is 32.2. The third kappa shape index (κ3) is 3.05. The lowest BCUT2D eigenvalue weighted by Crippen LogP contribution is -2.12. The summed E-state index contributed by atoms with van der Waals surface area (Å²) < 4.78 is 30.9. The van der Waals surface area contributed by atoms with E-state index in [0.29, 0.717) is 5.69 Å². The Kier molecular flexibility index (Phi) is 3.92. The van der Waals surface area contributed by atoms with Gasteiger partial charge in [0.05, 0.1) is 10.6 Å². The van der Waals surface area contributed by atoms with Gasteiger partial charge in [0, 0.05) is 6.07 Å². The van der Waals surface area contributed by atoms with Crippen LogP contribution < -0.4 is 4.18 Å². The summed E-state index contributed by atoms with van der Waals surface area (Å²) >= 11 is 0. The number of aromatic nitrogens is 4. The van der Waals surface area contributed by atoms with Crippen molar-refractivity contribution in [2.24, 2.45) is 0 Å². The largest absolute Gasteiger partial charge is 0.379 e. The first-order valence-electron chi connectivity index (χ1n) is 6.49. The van der Waals surface area contributed by atoms with E-state index in [9.17, 15) is 18.5 Å². The van der Waals surface area contributed by atoms with Crippen LogP contribution in [0.25, 0.3) is 5.69 Å². The van der Waals surface area contributed by atoms with Crippen molar-refractivity contribution in [2.75, 3.05) is 0 Å². The third-order valence-corrected chi connectivity index (χ3v) is 4.28. The average Bonchev–Trinajstić information content (AvgIpc) is 3.10. The van der Waals surface area contributed by atoms with E-state index in [1.165, 1.54) is 35.3 Å². The van der Waals surface area contributed by atoms with Crippen molar-refractivity contribution in [3.05, 3.63) is 65.0 Å². The highest BCUT2D eigenvalue weighted by Gasteiger charge is 2.27. The molecular weight excluding hydrogens is 338 g/mol. The molecule has 0 saturated carbocycles. The quantitative estimate of drug-likeness (QED) is 0.384. The van der Waals surface area contributed by atoms with Crippen molar-refractivity contribution in [1.29, 1.82) is 0 Å². The third-order valence-electron chi connectivity index (χ3n) is 2.99. The molecular formula is C13H9N5O5S. The van der Waals surface area contributed by atoms with Crippen molar-refractivity contribution in [3.8, 4) is 11.4 Å². The van der Waals surface area contributed by atoms with E-state index in [0.717, 1.165) is 12.1 Å². The van der Waals surface area contributed by atoms with E-state index >= 15 is 0 Å². The van der Waals surface area contributed by atoms with Gasteiger partial charge in [-0.05, 0) is 40.8 Å². The van der Waals surface area contributed by atoms with E-state index in [1.807, 2.05) is 0 Å². The zero-order valence-corrected chi connectivity index (χ0v) is 12.7. The Morgan fingerprint density at radius 3 is 2.42 bits per heavy atom. The molecule has 0 fully saturated rings. The van der Waals surface area contributed by atoms with Crippen LogP contribution >= 0.6 is 0 Å². The summed E-state index contributed by atoms with van der Waals surface area (Å²) in [6.07, 6.45) is 1.37. The Morgan fingerprint density at radius 2 is 1.79 bits per heavy atom. The minimum atomic E-state index is -4.34. The molecule has 1 aromatic heterocycles. The molecule has 0 N–H and O–H groups in total. The molecule has 10 nitrogen and oxygen atoms in total. The molecule has 0 bridgehead atoms. The van der Waals surface area contributed by atoms with Crippen LogP contribution in [0.3, 0.4) is 0 Å². The number of nitrogens with zero attached hydrogens (tertiary/aromatic N) is 5. The normalized spacial score (nSPS) is 11.2. The van der Waals surface area contributed by atoms with Crippen molar-refractivity contribution in [1.82, 2.24) is 20.2 Å². The van der Waals surface area contributed by atoms with Gasteiger partial charge in [-0.1, -0.05) is 12.1 Å². The molecule has 0 unspecified atom stereocenters. The number of tetrazole rings is 1. The zero-order valence-electron chi connectivity index (χ0n) is 11.9. The molecule has 0 aliphatic carbocycles. The number of nitro benzene ring substituents is 1. The van der Waals surface area contributed by atoms with Gasteiger partial charge in [0.25, 0.3) is 5.69 Å². The van der Waals surface area contributed by atoms with Gasteiger partial charge in [-0.25, -0.2) is 4.68 Å². The highest BCUT2D eigenvalue weighted by Crippen LogP contribution is 2.26. The minimum absolute atomic E-state index is 0.00461. The summed E-state index contributed by atoms with van der Waals surface area (Å²) in [4.78, 5) is 9.67. The summed E-state index contributed by atoms with van der Waals surface area (Å²) in [5, 5.41) is 21.6. The molecule has 0 aliphatic heterocycles. The summed E-state index contributed by atoms with van der Waals surface area (Å²) in [6, 6.07) is 10.8. The number of hydrogen-bond donors (Lipinski definition) is 0. The topological polar surface area (TPSA) is 130 Å². The molecule has 0 atom stereocenters. The Balaban J connectivity index is 1.89. The van der Waals surface area contributed by atoms with Crippen LogP contribution in [-0.2, 0) is 10.1 Å². The van der Waals surface area contributed by atoms with Crippen LogP contribution in [0.15, 0.2) is 59.8 Å². The molecule has 1 heterocycles. The monoisotopic (exact) mass is 347 g/mol. The molecule has 0 amide bonds. The second-order valence-electron chi connectivity index (χ2n) is 4.51. The van der Waals surface area contributed by atoms with E-state index in [4.69, 9.17) is 4.18 Å². The van der Waals surface area contributed by atoms with Crippen molar-refractivity contribution < 1.29 is 17.5 Å². The first-order chi connectivity index (χ1) is 11.5. The Hall–Kier alpha value is -3.34. The first-order valence-corrected chi connectivity index (χ1v) is 7.89. The molecule has 0 spiro atoms. The Labute approximate surface area is 135 Å². The molecule has 122 valence electrons. The highest BCUT2D eigenvalue weighted by molar-refractivity contribution is 7.87. The predicted molar refractivity (Wildman–Crippen MR) is 80.1 cm³/mol. The average molecular weight is 347 g/mol. The van der Waals surface area contributed by atoms with E-state index in [2.05, 4.69) is 15.5 Å². The van der Waals surface area contributed by atoms with Crippen molar-refractivity contribution in [3.63, 3.8) is 0 Å². The fourth-order valence-electron chi connectivity index (χ4n) is 1.92. The minimum Gasteiger partial charge on any atom is -0.379 e. The maximum Gasteiger partial charge on any atom is 0.346 e. The molecule has 3 aromatic rings. The van der Waals surface area contributed by atoms with Crippen LogP contribution in [-0.4, -0.2) is 33.5 Å². The molecule has 0 saturated heterocycles. The van der Waals surface area contributed by atoms with Gasteiger partial charge in [-0.15, -0.1) is 5.10 Å². The Bertz CT molecular complexity index is 970. The van der Waals surface area contributed by atoms with E-state index < -0.39 is 25.6 Å². The molecule has 24 heavy (non-hydrogen) atoms. The molecule has 2 aromatic carbocycles. The standard InChI is InChI=1S/C13H9N5O5S/c19-18(20)12-3-1-2-4-13(12)24(21,22)23-11-7-5-10(6-8-11)17-9-14-15-16-17/h1-9H. The van der Waals surface area contributed by atoms with E-state index in [-0.39, 0.29) is 5.75 Å². The van der Waals surface area contributed by atoms with Crippen LogP contribution in [0.5, 0.6) is 5.75 Å². The predicted octanol–water partition coefficient (Wildman–Crippen LogP) is 1.34. The maximum atomic E-state index is 12.3. The number of nitro groups is 1. The summed E-state index contributed by atoms with van der Waals surface area (Å²) in [5.74, 6) is 0.00461. The van der Waals surface area contributed by atoms with Gasteiger partial charge < -0.3 is 4.18 Å². The molecule has 0 radical (unpaired) electrons. The lowest BCUT2D eigenvalue weighted by Gasteiger charge is -2.08. The van der Waals surface area contributed by atoms with Gasteiger partial charge in [-0.2, -0.15) is 8.42 Å². The second-order valence-corrected chi connectivity index (χ2v) is 6.03. The fraction of sp³-hybridized carbons (Fsp3) is 0. The summed E-state index contributed by atoms with van der Waals surface area (Å²) in [5.41, 5.74) is 0.0400. The Morgan fingerprint density at radius 1 is 1.08 bits per heavy atom. The van der Waals surface area contributed by atoms with Crippen LogP contribution in [0.4, 0.5) is 5.69 Å². The number of benzene rings is 2. The summed E-state index contributed by atoms with van der Waals surface area (Å²) in [6.45, 7) is 0. The first kappa shape index (κ1) is 15.6. The summed E-state index contributed by atoms with van der Waals surface area (Å²) in [7, 11) is -4.34. The maximum absolute atomic E-state index is 12.3. The van der Waals surface area contributed by atoms with Gasteiger partial charge in [0.2, 0.25) is 0 Å². The van der Waals surface area contributed by atoms with Gasteiger partial charge in [0.15, 0.2) is 4.90 Å². The van der Waals surface area contributed by atoms with E-state index in [1.54, 1.807) is 12.1 Å². The van der Waals surface area contributed by atoms with Gasteiger partial charge in [-0.3, -0.25) is 10.1 Å². The fourth-order valence-corrected chi connectivity index (χ4v) is 3.02. The van der Waals surface area contributed by atoms with Gasteiger partial charge >= 0.3 is 10.1 Å². The lowest BCUT2D eigenvalue weighted by atomic mass is 10.3. The molecule has 0 aliphatic rings.